The lowest BCUT2D eigenvalue weighted by Crippen LogP contribution is -2.43. The van der Waals surface area contributed by atoms with Gasteiger partial charge in [0, 0.05) is 11.8 Å². The van der Waals surface area contributed by atoms with E-state index in [1.54, 1.807) is 0 Å². The normalized spacial score (nSPS) is 12.5. The van der Waals surface area contributed by atoms with E-state index in [0.29, 0.717) is 6.04 Å². The molecule has 0 aliphatic rings. The Hall–Kier alpha value is -0.900. The summed E-state index contributed by atoms with van der Waals surface area (Å²) in [5, 5.41) is 6.91. The van der Waals surface area contributed by atoms with Gasteiger partial charge >= 0.3 is 0 Å². The largest absolute Gasteiger partial charge is 0.304 e. The number of hydrogen-bond acceptors (Lipinski definition) is 3. The third kappa shape index (κ3) is 6.28. The quantitative estimate of drug-likeness (QED) is 0.504. The number of rotatable bonds is 4. The van der Waals surface area contributed by atoms with Crippen LogP contribution < -0.4 is 10.7 Å². The van der Waals surface area contributed by atoms with Crippen LogP contribution in [0.25, 0.3) is 0 Å². The highest BCUT2D eigenvalue weighted by atomic mass is 16.2. The van der Waals surface area contributed by atoms with Gasteiger partial charge in [0.15, 0.2) is 0 Å². The number of hydrazone groups is 1. The first-order valence-electron chi connectivity index (χ1n) is 4.50. The highest BCUT2D eigenvalue weighted by Gasteiger charge is 2.11. The van der Waals surface area contributed by atoms with Crippen LogP contribution in [0.1, 0.15) is 34.6 Å². The van der Waals surface area contributed by atoms with Crippen LogP contribution in [0.2, 0.25) is 0 Å². The minimum Gasteiger partial charge on any atom is -0.304 e. The molecule has 0 aromatic carbocycles. The Morgan fingerprint density at radius 3 is 2.15 bits per heavy atom. The van der Waals surface area contributed by atoms with Crippen LogP contribution in [0.3, 0.4) is 0 Å². The molecule has 0 fully saturated rings. The van der Waals surface area contributed by atoms with Gasteiger partial charge in [-0.1, -0.05) is 13.8 Å². The molecule has 4 heteroatoms. The van der Waals surface area contributed by atoms with Crippen LogP contribution in [-0.4, -0.2) is 23.7 Å². The lowest BCUT2D eigenvalue weighted by atomic mass is 10.3. The molecule has 76 valence electrons. The first kappa shape index (κ1) is 12.1. The molecule has 0 bridgehead atoms. The van der Waals surface area contributed by atoms with Crippen LogP contribution in [0, 0.1) is 0 Å². The Morgan fingerprint density at radius 2 is 1.77 bits per heavy atom. The van der Waals surface area contributed by atoms with Crippen molar-refractivity contribution in [2.24, 2.45) is 5.10 Å². The molecule has 1 amide bonds. The predicted molar refractivity (Wildman–Crippen MR) is 54.7 cm³/mol. The molecule has 1 unspecified atom stereocenters. The van der Waals surface area contributed by atoms with E-state index in [1.165, 1.54) is 0 Å². The molecule has 1 atom stereocenters. The zero-order valence-corrected chi connectivity index (χ0v) is 9.01. The average Bonchev–Trinajstić information content (AvgIpc) is 1.98. The van der Waals surface area contributed by atoms with Crippen molar-refractivity contribution < 1.29 is 4.79 Å². The van der Waals surface area contributed by atoms with E-state index >= 15 is 0 Å². The van der Waals surface area contributed by atoms with Crippen molar-refractivity contribution in [2.45, 2.75) is 46.7 Å². The number of amides is 1. The summed E-state index contributed by atoms with van der Waals surface area (Å²) in [6.07, 6.45) is 0. The monoisotopic (exact) mass is 185 g/mol. The third-order valence-electron chi connectivity index (χ3n) is 1.37. The Labute approximate surface area is 79.8 Å². The van der Waals surface area contributed by atoms with E-state index in [0.717, 1.165) is 5.71 Å². The summed E-state index contributed by atoms with van der Waals surface area (Å²) in [4.78, 5) is 11.3. The third-order valence-corrected chi connectivity index (χ3v) is 1.37. The summed E-state index contributed by atoms with van der Waals surface area (Å²) in [6.45, 7) is 9.48. The van der Waals surface area contributed by atoms with Crippen molar-refractivity contribution in [1.29, 1.82) is 0 Å². The number of hydrogen-bond donors (Lipinski definition) is 2. The van der Waals surface area contributed by atoms with Gasteiger partial charge < -0.3 is 5.32 Å². The summed E-state index contributed by atoms with van der Waals surface area (Å²) in [7, 11) is 0. The van der Waals surface area contributed by atoms with Gasteiger partial charge in [-0.3, -0.25) is 4.79 Å². The Kier molecular flexibility index (Phi) is 5.30. The van der Waals surface area contributed by atoms with E-state index < -0.39 is 0 Å². The summed E-state index contributed by atoms with van der Waals surface area (Å²) in [6, 6.07) is 0.0931. The van der Waals surface area contributed by atoms with Crippen LogP contribution >= 0.6 is 0 Å². The second kappa shape index (κ2) is 5.70. The molecule has 0 aliphatic heterocycles. The van der Waals surface area contributed by atoms with Gasteiger partial charge in [-0.05, 0) is 20.8 Å². The molecule has 0 aromatic rings. The molecular formula is C9H19N3O. The van der Waals surface area contributed by atoms with Gasteiger partial charge in [-0.2, -0.15) is 5.10 Å². The maximum Gasteiger partial charge on any atom is 0.256 e. The Balaban J connectivity index is 3.90. The van der Waals surface area contributed by atoms with Crippen molar-refractivity contribution in [3.05, 3.63) is 0 Å². The molecule has 0 aromatic heterocycles. The van der Waals surface area contributed by atoms with Crippen molar-refractivity contribution in [1.82, 2.24) is 10.7 Å². The zero-order valence-electron chi connectivity index (χ0n) is 9.01. The molecule has 0 radical (unpaired) electrons. The first-order chi connectivity index (χ1) is 5.93. The van der Waals surface area contributed by atoms with Crippen LogP contribution in [0.15, 0.2) is 5.10 Å². The molecule has 0 rings (SSSR count). The van der Waals surface area contributed by atoms with Gasteiger partial charge in [0.05, 0.1) is 6.04 Å². The molecule has 0 spiro atoms. The zero-order chi connectivity index (χ0) is 10.4. The lowest BCUT2D eigenvalue weighted by Gasteiger charge is -2.14. The molecular weight excluding hydrogens is 166 g/mol. The second-order valence-corrected chi connectivity index (χ2v) is 3.58. The van der Waals surface area contributed by atoms with Gasteiger partial charge in [-0.25, -0.2) is 5.43 Å². The van der Waals surface area contributed by atoms with E-state index in [-0.39, 0.29) is 11.9 Å². The average molecular weight is 185 g/mol. The maximum absolute atomic E-state index is 11.3. The standard InChI is InChI=1S/C9H19N3O/c1-6(2)10-8(5)9(13)12-11-7(3)4/h6,8,10H,1-5H3,(H,12,13). The number of carbonyl (C=O) groups excluding carboxylic acids is 1. The number of nitrogens with one attached hydrogen (secondary N) is 2. The van der Waals surface area contributed by atoms with Crippen molar-refractivity contribution >= 4 is 11.6 Å². The predicted octanol–water partition coefficient (Wildman–Crippen LogP) is 0.885. The lowest BCUT2D eigenvalue weighted by molar-refractivity contribution is -0.122. The highest BCUT2D eigenvalue weighted by Crippen LogP contribution is 1.86. The van der Waals surface area contributed by atoms with Gasteiger partial charge in [0.2, 0.25) is 0 Å². The van der Waals surface area contributed by atoms with Gasteiger partial charge in [-0.15, -0.1) is 0 Å². The molecule has 0 saturated heterocycles. The van der Waals surface area contributed by atoms with Crippen LogP contribution in [0.4, 0.5) is 0 Å². The summed E-state index contributed by atoms with van der Waals surface area (Å²) >= 11 is 0. The van der Waals surface area contributed by atoms with E-state index in [2.05, 4.69) is 15.8 Å². The summed E-state index contributed by atoms with van der Waals surface area (Å²) in [5.74, 6) is -0.102. The van der Waals surface area contributed by atoms with Crippen molar-refractivity contribution in [3.8, 4) is 0 Å². The topological polar surface area (TPSA) is 53.5 Å². The first-order valence-corrected chi connectivity index (χ1v) is 4.50. The van der Waals surface area contributed by atoms with Gasteiger partial charge in [0.25, 0.3) is 5.91 Å². The minimum absolute atomic E-state index is 0.102. The Morgan fingerprint density at radius 1 is 1.23 bits per heavy atom. The van der Waals surface area contributed by atoms with E-state index in [4.69, 9.17) is 0 Å². The van der Waals surface area contributed by atoms with Crippen LogP contribution in [-0.2, 0) is 4.79 Å². The Bertz CT molecular complexity index is 195. The fraction of sp³-hybridized carbons (Fsp3) is 0.778. The summed E-state index contributed by atoms with van der Waals surface area (Å²) < 4.78 is 0. The number of carbonyl (C=O) groups is 1. The van der Waals surface area contributed by atoms with E-state index in [1.807, 2.05) is 34.6 Å². The van der Waals surface area contributed by atoms with Crippen LogP contribution in [0.5, 0.6) is 0 Å². The summed E-state index contributed by atoms with van der Waals surface area (Å²) in [5.41, 5.74) is 3.31. The molecule has 0 saturated carbocycles. The SMILES string of the molecule is CC(C)=NNC(=O)C(C)NC(C)C. The van der Waals surface area contributed by atoms with Gasteiger partial charge in [0.1, 0.15) is 0 Å². The number of nitrogens with zero attached hydrogens (tertiary/aromatic N) is 1. The minimum atomic E-state index is -0.205. The molecule has 13 heavy (non-hydrogen) atoms. The maximum atomic E-state index is 11.3. The molecule has 0 heterocycles. The van der Waals surface area contributed by atoms with Crippen molar-refractivity contribution in [2.75, 3.05) is 0 Å². The fourth-order valence-electron chi connectivity index (χ4n) is 0.839. The highest BCUT2D eigenvalue weighted by molar-refractivity contribution is 5.84. The smallest absolute Gasteiger partial charge is 0.256 e. The molecule has 0 aliphatic carbocycles. The molecule has 2 N–H and O–H groups in total. The fourth-order valence-corrected chi connectivity index (χ4v) is 0.839. The molecule has 4 nitrogen and oxygen atoms in total. The van der Waals surface area contributed by atoms with E-state index in [9.17, 15) is 4.79 Å². The second-order valence-electron chi connectivity index (χ2n) is 3.58. The van der Waals surface area contributed by atoms with Crippen molar-refractivity contribution in [3.63, 3.8) is 0 Å².